The normalized spacial score (nSPS) is 16.4. The molecule has 1 aromatic rings. The van der Waals surface area contributed by atoms with Gasteiger partial charge in [0.2, 0.25) is 0 Å². The van der Waals surface area contributed by atoms with Gasteiger partial charge in [-0.25, -0.2) is 4.79 Å². The molecule has 0 aliphatic carbocycles. The van der Waals surface area contributed by atoms with Crippen LogP contribution in [0.15, 0.2) is 23.1 Å². The van der Waals surface area contributed by atoms with Crippen molar-refractivity contribution < 1.29 is 34.1 Å². The molecule has 1 heterocycles. The van der Waals surface area contributed by atoms with Crippen molar-refractivity contribution in [1.29, 1.82) is 0 Å². The van der Waals surface area contributed by atoms with Crippen LogP contribution >= 0.6 is 24.0 Å². The first-order valence-electron chi connectivity index (χ1n) is 8.31. The molecule has 1 unspecified atom stereocenters. The highest BCUT2D eigenvalue weighted by Crippen LogP contribution is 2.36. The molecule has 10 heteroatoms. The second-order valence-electron chi connectivity index (χ2n) is 5.68. The molecule has 8 nitrogen and oxygen atoms in total. The first-order valence-corrected chi connectivity index (χ1v) is 9.53. The van der Waals surface area contributed by atoms with Crippen molar-refractivity contribution in [1.82, 2.24) is 4.90 Å². The molecule has 1 fully saturated rings. The Kier molecular flexibility index (Phi) is 7.41. The minimum absolute atomic E-state index is 0.0759. The van der Waals surface area contributed by atoms with Crippen molar-refractivity contribution in [3.05, 3.63) is 28.7 Å². The Bertz CT molecular complexity index is 837. The van der Waals surface area contributed by atoms with Crippen molar-refractivity contribution in [2.24, 2.45) is 0 Å². The van der Waals surface area contributed by atoms with E-state index in [1.165, 1.54) is 7.11 Å². The standard InChI is InChI=1S/C18H19NO7S2/c1-3-26-12-6-4-10(8-13(12)25-2)9-14-16(22)19(18(27)28-14)11(17(23)24)5-7-15(20)21/h4,6,8-9,11H,3,5,7H2,1-2H3,(H,20,21)(H,23,24). The topological polar surface area (TPSA) is 113 Å². The van der Waals surface area contributed by atoms with Crippen LogP contribution in [0, 0.1) is 0 Å². The highest BCUT2D eigenvalue weighted by molar-refractivity contribution is 8.26. The highest BCUT2D eigenvalue weighted by Gasteiger charge is 2.40. The van der Waals surface area contributed by atoms with E-state index in [-0.39, 0.29) is 22.1 Å². The summed E-state index contributed by atoms with van der Waals surface area (Å²) in [7, 11) is 1.50. The number of thiocarbonyl (C=S) groups is 1. The largest absolute Gasteiger partial charge is 0.493 e. The third-order valence-electron chi connectivity index (χ3n) is 3.84. The summed E-state index contributed by atoms with van der Waals surface area (Å²) in [6.07, 6.45) is 0.956. The summed E-state index contributed by atoms with van der Waals surface area (Å²) in [5, 5.41) is 18.2. The zero-order valence-electron chi connectivity index (χ0n) is 15.2. The van der Waals surface area contributed by atoms with E-state index in [1.54, 1.807) is 24.3 Å². The number of amides is 1. The number of methoxy groups -OCH3 is 1. The summed E-state index contributed by atoms with van der Waals surface area (Å²) >= 11 is 6.13. The van der Waals surface area contributed by atoms with Crippen LogP contribution in [0.5, 0.6) is 11.5 Å². The maximum absolute atomic E-state index is 12.7. The van der Waals surface area contributed by atoms with Gasteiger partial charge in [-0.15, -0.1) is 0 Å². The average molecular weight is 425 g/mol. The molecule has 1 saturated heterocycles. The van der Waals surface area contributed by atoms with Crippen molar-refractivity contribution >= 4 is 52.2 Å². The van der Waals surface area contributed by atoms with Crippen LogP contribution in [-0.2, 0) is 14.4 Å². The van der Waals surface area contributed by atoms with Gasteiger partial charge < -0.3 is 19.7 Å². The van der Waals surface area contributed by atoms with Gasteiger partial charge in [0.15, 0.2) is 11.5 Å². The first kappa shape index (κ1) is 21.7. The zero-order chi connectivity index (χ0) is 20.8. The summed E-state index contributed by atoms with van der Waals surface area (Å²) in [4.78, 5) is 36.2. The van der Waals surface area contributed by atoms with Crippen LogP contribution in [0.1, 0.15) is 25.3 Å². The lowest BCUT2D eigenvalue weighted by Crippen LogP contribution is -2.44. The number of carbonyl (C=O) groups excluding carboxylic acids is 1. The number of hydrogen-bond donors (Lipinski definition) is 2. The van der Waals surface area contributed by atoms with Gasteiger partial charge in [-0.3, -0.25) is 14.5 Å². The van der Waals surface area contributed by atoms with Gasteiger partial charge in [-0.1, -0.05) is 30.0 Å². The number of nitrogens with zero attached hydrogens (tertiary/aromatic N) is 1. The van der Waals surface area contributed by atoms with Gasteiger partial charge in [0.05, 0.1) is 18.6 Å². The molecule has 1 aromatic carbocycles. The molecule has 2 N–H and O–H groups in total. The number of aliphatic carboxylic acids is 2. The molecule has 1 amide bonds. The van der Waals surface area contributed by atoms with Gasteiger partial charge in [0.25, 0.3) is 5.91 Å². The lowest BCUT2D eigenvalue weighted by molar-refractivity contribution is -0.146. The lowest BCUT2D eigenvalue weighted by Gasteiger charge is -2.22. The Labute approximate surface area is 171 Å². The molecule has 0 radical (unpaired) electrons. The van der Waals surface area contributed by atoms with Crippen molar-refractivity contribution in [2.45, 2.75) is 25.8 Å². The van der Waals surface area contributed by atoms with E-state index in [9.17, 15) is 19.5 Å². The van der Waals surface area contributed by atoms with Gasteiger partial charge in [0, 0.05) is 6.42 Å². The zero-order valence-corrected chi connectivity index (χ0v) is 16.8. The van der Waals surface area contributed by atoms with E-state index in [0.29, 0.717) is 23.7 Å². The van der Waals surface area contributed by atoms with E-state index in [1.807, 2.05) is 6.92 Å². The fourth-order valence-corrected chi connectivity index (χ4v) is 3.93. The van der Waals surface area contributed by atoms with E-state index in [0.717, 1.165) is 16.7 Å². The van der Waals surface area contributed by atoms with Crippen molar-refractivity contribution in [3.63, 3.8) is 0 Å². The number of rotatable bonds is 9. The summed E-state index contributed by atoms with van der Waals surface area (Å²) in [6, 6.07) is 3.81. The van der Waals surface area contributed by atoms with Crippen LogP contribution in [0.3, 0.4) is 0 Å². The van der Waals surface area contributed by atoms with E-state index in [4.69, 9.17) is 26.8 Å². The van der Waals surface area contributed by atoms with Crippen molar-refractivity contribution in [3.8, 4) is 11.5 Å². The average Bonchev–Trinajstić information content (AvgIpc) is 2.90. The molecule has 2 rings (SSSR count). The minimum Gasteiger partial charge on any atom is -0.493 e. The molecule has 0 aromatic heterocycles. The lowest BCUT2D eigenvalue weighted by atomic mass is 10.1. The second-order valence-corrected chi connectivity index (χ2v) is 7.36. The third kappa shape index (κ3) is 5.02. The van der Waals surface area contributed by atoms with E-state index in [2.05, 4.69) is 0 Å². The summed E-state index contributed by atoms with van der Waals surface area (Å²) in [5.74, 6) is -1.96. The molecule has 1 aliphatic rings. The summed E-state index contributed by atoms with van der Waals surface area (Å²) in [6.45, 7) is 2.32. The number of benzene rings is 1. The number of carbonyl (C=O) groups is 3. The highest BCUT2D eigenvalue weighted by atomic mass is 32.2. The molecule has 0 saturated carbocycles. The molecule has 28 heavy (non-hydrogen) atoms. The van der Waals surface area contributed by atoms with Crippen LogP contribution < -0.4 is 9.47 Å². The van der Waals surface area contributed by atoms with E-state index >= 15 is 0 Å². The number of hydrogen-bond acceptors (Lipinski definition) is 7. The van der Waals surface area contributed by atoms with Crippen LogP contribution in [0.4, 0.5) is 0 Å². The fraction of sp³-hybridized carbons (Fsp3) is 0.333. The van der Waals surface area contributed by atoms with Crippen LogP contribution in [-0.4, -0.2) is 57.0 Å². The first-order chi connectivity index (χ1) is 13.3. The molecule has 150 valence electrons. The summed E-state index contributed by atoms with van der Waals surface area (Å²) in [5.41, 5.74) is 0.651. The SMILES string of the molecule is CCOc1ccc(C=C2SC(=S)N(C(CCC(=O)O)C(=O)O)C2=O)cc1OC. The molecular formula is C18H19NO7S2. The maximum atomic E-state index is 12.7. The Morgan fingerprint density at radius 2 is 2.04 bits per heavy atom. The Morgan fingerprint density at radius 3 is 2.61 bits per heavy atom. The third-order valence-corrected chi connectivity index (χ3v) is 5.17. The quantitative estimate of drug-likeness (QED) is 0.455. The monoisotopic (exact) mass is 425 g/mol. The second kappa shape index (κ2) is 9.56. The maximum Gasteiger partial charge on any atom is 0.326 e. The van der Waals surface area contributed by atoms with E-state index < -0.39 is 23.9 Å². The smallest absolute Gasteiger partial charge is 0.326 e. The number of thioether (sulfide) groups is 1. The van der Waals surface area contributed by atoms with Gasteiger partial charge in [-0.05, 0) is 37.1 Å². The van der Waals surface area contributed by atoms with Gasteiger partial charge in [0.1, 0.15) is 10.4 Å². The van der Waals surface area contributed by atoms with Crippen LogP contribution in [0.2, 0.25) is 0 Å². The number of ether oxygens (including phenoxy) is 2. The molecular weight excluding hydrogens is 406 g/mol. The van der Waals surface area contributed by atoms with Crippen molar-refractivity contribution in [2.75, 3.05) is 13.7 Å². The predicted molar refractivity (Wildman–Crippen MR) is 107 cm³/mol. The molecule has 1 atom stereocenters. The fourth-order valence-electron chi connectivity index (χ4n) is 2.57. The Hall–Kier alpha value is -2.59. The molecule has 1 aliphatic heterocycles. The van der Waals surface area contributed by atoms with Gasteiger partial charge >= 0.3 is 11.9 Å². The molecule has 0 spiro atoms. The molecule has 0 bridgehead atoms. The van der Waals surface area contributed by atoms with Crippen LogP contribution in [0.25, 0.3) is 6.08 Å². The van der Waals surface area contributed by atoms with Gasteiger partial charge in [-0.2, -0.15) is 0 Å². The Balaban J connectivity index is 2.28. The summed E-state index contributed by atoms with van der Waals surface area (Å²) < 4.78 is 10.8. The Morgan fingerprint density at radius 1 is 1.32 bits per heavy atom. The predicted octanol–water partition coefficient (Wildman–Crippen LogP) is 2.61. The number of carboxylic acid groups (broad SMARTS) is 2. The minimum atomic E-state index is -1.33. The number of carboxylic acids is 2.